The van der Waals surface area contributed by atoms with E-state index >= 15 is 0 Å². The lowest BCUT2D eigenvalue weighted by Gasteiger charge is -2.16. The van der Waals surface area contributed by atoms with Crippen molar-refractivity contribution in [1.82, 2.24) is 24.0 Å². The summed E-state index contributed by atoms with van der Waals surface area (Å²) in [4.78, 5) is 41.5. The topological polar surface area (TPSA) is 90.9 Å². The Hall–Kier alpha value is -2.87. The molecule has 0 aliphatic rings. The number of nitrogens with zero attached hydrogens (tertiary/aromatic N) is 4. The van der Waals surface area contributed by atoms with Gasteiger partial charge in [-0.15, -0.1) is 0 Å². The first-order valence-corrected chi connectivity index (χ1v) is 8.33. The smallest absolute Gasteiger partial charge is 0.332 e. The van der Waals surface area contributed by atoms with E-state index < -0.39 is 17.2 Å². The zero-order valence-corrected chi connectivity index (χ0v) is 15.3. The number of nitrogens with one attached hydrogen (secondary N) is 1. The number of fused-ring (bicyclic) bond motifs is 1. The minimum Gasteiger partial charge on any atom is -0.348 e. The van der Waals surface area contributed by atoms with Gasteiger partial charge in [-0.1, -0.05) is 29.8 Å². The third-order valence-corrected chi connectivity index (χ3v) is 4.60. The molecule has 9 heteroatoms. The summed E-state index contributed by atoms with van der Waals surface area (Å²) in [6.07, 6.45) is 1.45. The number of carbonyl (C=O) groups is 1. The number of benzene rings is 1. The van der Waals surface area contributed by atoms with E-state index in [1.54, 1.807) is 32.2 Å². The largest absolute Gasteiger partial charge is 0.348 e. The number of aryl methyl sites for hydroxylation is 2. The third kappa shape index (κ3) is 3.03. The van der Waals surface area contributed by atoms with Gasteiger partial charge in [0.2, 0.25) is 5.91 Å². The molecular weight excluding hydrogens is 358 g/mol. The molecule has 3 aromatic rings. The summed E-state index contributed by atoms with van der Waals surface area (Å²) in [5, 5.41) is 3.29. The molecule has 1 unspecified atom stereocenters. The van der Waals surface area contributed by atoms with Gasteiger partial charge in [0.1, 0.15) is 6.54 Å². The normalized spacial score (nSPS) is 12.3. The molecule has 0 bridgehead atoms. The lowest BCUT2D eigenvalue weighted by molar-refractivity contribution is -0.122. The molecule has 8 nitrogen and oxygen atoms in total. The Morgan fingerprint density at radius 2 is 1.96 bits per heavy atom. The van der Waals surface area contributed by atoms with Gasteiger partial charge >= 0.3 is 5.69 Å². The van der Waals surface area contributed by atoms with Gasteiger partial charge in [-0.05, 0) is 18.6 Å². The van der Waals surface area contributed by atoms with Gasteiger partial charge in [-0.2, -0.15) is 0 Å². The van der Waals surface area contributed by atoms with E-state index in [0.717, 1.165) is 10.1 Å². The van der Waals surface area contributed by atoms with Crippen molar-refractivity contribution in [3.05, 3.63) is 62.0 Å². The van der Waals surface area contributed by atoms with E-state index in [4.69, 9.17) is 11.6 Å². The Kier molecular flexibility index (Phi) is 4.69. The van der Waals surface area contributed by atoms with Crippen LogP contribution in [0.3, 0.4) is 0 Å². The highest BCUT2D eigenvalue weighted by Gasteiger charge is 2.18. The fraction of sp³-hybridized carbons (Fsp3) is 0.294. The van der Waals surface area contributed by atoms with Crippen LogP contribution >= 0.6 is 11.6 Å². The average molecular weight is 376 g/mol. The van der Waals surface area contributed by atoms with Crippen LogP contribution in [0.25, 0.3) is 11.2 Å². The molecule has 0 saturated heterocycles. The summed E-state index contributed by atoms with van der Waals surface area (Å²) >= 11 is 6.13. The van der Waals surface area contributed by atoms with Gasteiger partial charge in [-0.25, -0.2) is 14.3 Å². The van der Waals surface area contributed by atoms with Crippen molar-refractivity contribution >= 4 is 28.7 Å². The molecule has 0 fully saturated rings. The van der Waals surface area contributed by atoms with Crippen LogP contribution in [0.15, 0.2) is 40.2 Å². The maximum atomic E-state index is 12.6. The molecule has 136 valence electrons. The van der Waals surface area contributed by atoms with E-state index in [-0.39, 0.29) is 23.8 Å². The van der Waals surface area contributed by atoms with Crippen molar-refractivity contribution in [2.75, 3.05) is 0 Å². The van der Waals surface area contributed by atoms with Crippen LogP contribution in [-0.2, 0) is 25.4 Å². The second-order valence-electron chi connectivity index (χ2n) is 6.07. The molecule has 1 atom stereocenters. The van der Waals surface area contributed by atoms with Crippen molar-refractivity contribution in [3.63, 3.8) is 0 Å². The van der Waals surface area contributed by atoms with Crippen LogP contribution in [0, 0.1) is 0 Å². The first-order chi connectivity index (χ1) is 12.3. The van der Waals surface area contributed by atoms with E-state index in [1.165, 1.54) is 22.5 Å². The molecule has 0 spiro atoms. The second-order valence-corrected chi connectivity index (χ2v) is 6.48. The van der Waals surface area contributed by atoms with Crippen LogP contribution < -0.4 is 16.6 Å². The van der Waals surface area contributed by atoms with Crippen molar-refractivity contribution < 1.29 is 4.79 Å². The van der Waals surface area contributed by atoms with E-state index in [0.29, 0.717) is 5.02 Å². The molecule has 26 heavy (non-hydrogen) atoms. The van der Waals surface area contributed by atoms with Crippen molar-refractivity contribution in [3.8, 4) is 0 Å². The fourth-order valence-corrected chi connectivity index (χ4v) is 3.17. The molecule has 0 saturated carbocycles. The maximum absolute atomic E-state index is 12.6. The molecule has 0 aliphatic carbocycles. The average Bonchev–Trinajstić information content (AvgIpc) is 2.99. The molecule has 0 radical (unpaired) electrons. The fourth-order valence-electron chi connectivity index (χ4n) is 2.87. The van der Waals surface area contributed by atoms with Gasteiger partial charge in [0.25, 0.3) is 5.56 Å². The summed E-state index contributed by atoms with van der Waals surface area (Å²) in [5.41, 5.74) is 0.151. The molecule has 1 amide bonds. The SMILES string of the molecule is CC(NC(=O)Cn1c(=O)c2c(ncn2C)n(C)c1=O)c1ccccc1Cl. The van der Waals surface area contributed by atoms with Crippen LogP contribution in [0.4, 0.5) is 0 Å². The molecule has 2 heterocycles. The lowest BCUT2D eigenvalue weighted by Crippen LogP contribution is -2.43. The highest BCUT2D eigenvalue weighted by Crippen LogP contribution is 2.21. The van der Waals surface area contributed by atoms with E-state index in [9.17, 15) is 14.4 Å². The number of rotatable bonds is 4. The Morgan fingerprint density at radius 3 is 2.65 bits per heavy atom. The Labute approximate surface area is 153 Å². The van der Waals surface area contributed by atoms with E-state index in [1.807, 2.05) is 6.07 Å². The van der Waals surface area contributed by atoms with Gasteiger partial charge in [0.15, 0.2) is 11.2 Å². The third-order valence-electron chi connectivity index (χ3n) is 4.25. The predicted octanol–water partition coefficient (Wildman–Crippen LogP) is 0.965. The van der Waals surface area contributed by atoms with Crippen molar-refractivity contribution in [2.45, 2.75) is 19.5 Å². The summed E-state index contributed by atoms with van der Waals surface area (Å²) in [7, 11) is 3.17. The number of halogens is 1. The highest BCUT2D eigenvalue weighted by molar-refractivity contribution is 6.31. The summed E-state index contributed by atoms with van der Waals surface area (Å²) in [5.74, 6) is -0.460. The summed E-state index contributed by atoms with van der Waals surface area (Å²) in [6.45, 7) is 1.39. The zero-order chi connectivity index (χ0) is 19.0. The van der Waals surface area contributed by atoms with Gasteiger partial charge in [-0.3, -0.25) is 14.2 Å². The molecule has 0 aliphatic heterocycles. The van der Waals surface area contributed by atoms with E-state index in [2.05, 4.69) is 10.3 Å². The van der Waals surface area contributed by atoms with Crippen molar-refractivity contribution in [1.29, 1.82) is 0 Å². The molecule has 1 aromatic carbocycles. The minimum atomic E-state index is -0.596. The highest BCUT2D eigenvalue weighted by atomic mass is 35.5. The Morgan fingerprint density at radius 1 is 1.27 bits per heavy atom. The molecule has 3 rings (SSSR count). The Balaban J connectivity index is 1.91. The molecule has 2 aromatic heterocycles. The lowest BCUT2D eigenvalue weighted by atomic mass is 10.1. The summed E-state index contributed by atoms with van der Waals surface area (Å²) < 4.78 is 3.68. The quantitative estimate of drug-likeness (QED) is 0.735. The van der Waals surface area contributed by atoms with Gasteiger partial charge < -0.3 is 9.88 Å². The van der Waals surface area contributed by atoms with Gasteiger partial charge in [0.05, 0.1) is 12.4 Å². The Bertz CT molecular complexity index is 1110. The first-order valence-electron chi connectivity index (χ1n) is 7.96. The zero-order valence-electron chi connectivity index (χ0n) is 14.6. The second kappa shape index (κ2) is 6.80. The minimum absolute atomic E-state index is 0.263. The number of hydrogen-bond donors (Lipinski definition) is 1. The summed E-state index contributed by atoms with van der Waals surface area (Å²) in [6, 6.07) is 6.79. The van der Waals surface area contributed by atoms with Crippen LogP contribution in [0.2, 0.25) is 5.02 Å². The first kappa shape index (κ1) is 17.9. The number of hydrogen-bond acceptors (Lipinski definition) is 4. The van der Waals surface area contributed by atoms with Crippen LogP contribution in [-0.4, -0.2) is 24.6 Å². The van der Waals surface area contributed by atoms with Crippen LogP contribution in [0.1, 0.15) is 18.5 Å². The molecular formula is C17H18ClN5O3. The standard InChI is InChI=1S/C17H18ClN5O3/c1-10(11-6-4-5-7-12(11)18)20-13(24)8-23-16(25)14-15(19-9-21(14)2)22(3)17(23)26/h4-7,9-10H,8H2,1-3H3,(H,20,24). The number of aromatic nitrogens is 4. The van der Waals surface area contributed by atoms with Crippen LogP contribution in [0.5, 0.6) is 0 Å². The molecule has 1 N–H and O–H groups in total. The van der Waals surface area contributed by atoms with Crippen molar-refractivity contribution in [2.24, 2.45) is 14.1 Å². The number of amides is 1. The van der Waals surface area contributed by atoms with Gasteiger partial charge in [0, 0.05) is 19.1 Å². The number of carbonyl (C=O) groups excluding carboxylic acids is 1. The maximum Gasteiger partial charge on any atom is 0.332 e. The predicted molar refractivity (Wildman–Crippen MR) is 98.2 cm³/mol. The monoisotopic (exact) mass is 375 g/mol. The number of imidazole rings is 1.